The van der Waals surface area contributed by atoms with Gasteiger partial charge in [0, 0.05) is 12.0 Å². The van der Waals surface area contributed by atoms with Gasteiger partial charge in [0.25, 0.3) is 0 Å². The molecule has 0 amide bonds. The van der Waals surface area contributed by atoms with E-state index in [-0.39, 0.29) is 18.6 Å². The quantitative estimate of drug-likeness (QED) is 0.390. The van der Waals surface area contributed by atoms with E-state index in [9.17, 15) is 9.59 Å². The molecule has 0 saturated carbocycles. The Hall–Kier alpha value is -1.32. The zero-order valence-electron chi connectivity index (χ0n) is 6.67. The third kappa shape index (κ3) is 2.38. The molecule has 0 unspecified atom stereocenters. The average Bonchev–Trinajstić information content (AvgIpc) is 2.07. The molecule has 0 aromatic heterocycles. The second-order valence-corrected chi connectivity index (χ2v) is 2.49. The molecule has 0 atom stereocenters. The Kier molecular flexibility index (Phi) is 2.85. The molecule has 66 valence electrons. The van der Waals surface area contributed by atoms with Gasteiger partial charge in [-0.1, -0.05) is 6.58 Å². The molecule has 1 rings (SSSR count). The molecule has 0 bridgehead atoms. The minimum Gasteiger partial charge on any atom is -0.465 e. The van der Waals surface area contributed by atoms with Crippen LogP contribution in [0.4, 0.5) is 0 Å². The van der Waals surface area contributed by atoms with Gasteiger partial charge < -0.3 is 9.47 Å². The third-order valence-corrected chi connectivity index (χ3v) is 1.43. The fourth-order valence-electron chi connectivity index (χ4n) is 0.809. The molecule has 1 saturated heterocycles. The smallest absolute Gasteiger partial charge is 0.333 e. The summed E-state index contributed by atoms with van der Waals surface area (Å²) >= 11 is 0. The van der Waals surface area contributed by atoms with Crippen LogP contribution in [0.1, 0.15) is 12.8 Å². The second kappa shape index (κ2) is 3.90. The van der Waals surface area contributed by atoms with Crippen molar-refractivity contribution in [2.24, 2.45) is 0 Å². The summed E-state index contributed by atoms with van der Waals surface area (Å²) in [6, 6.07) is 0. The lowest BCUT2D eigenvalue weighted by Crippen LogP contribution is -2.09. The largest absolute Gasteiger partial charge is 0.465 e. The molecule has 4 heteroatoms. The van der Waals surface area contributed by atoms with Crippen molar-refractivity contribution < 1.29 is 19.1 Å². The van der Waals surface area contributed by atoms with Crippen molar-refractivity contribution in [1.82, 2.24) is 0 Å². The first-order valence-corrected chi connectivity index (χ1v) is 3.70. The average molecular weight is 170 g/mol. The first-order valence-electron chi connectivity index (χ1n) is 3.70. The SMILES string of the molecule is C=C1CC(=O)OCCCOC1=O. The first kappa shape index (κ1) is 8.77. The van der Waals surface area contributed by atoms with Crippen LogP contribution in [-0.4, -0.2) is 25.2 Å². The van der Waals surface area contributed by atoms with Gasteiger partial charge in [-0.2, -0.15) is 0 Å². The summed E-state index contributed by atoms with van der Waals surface area (Å²) in [4.78, 5) is 21.8. The van der Waals surface area contributed by atoms with Crippen molar-refractivity contribution in [3.8, 4) is 0 Å². The number of esters is 2. The zero-order chi connectivity index (χ0) is 8.97. The van der Waals surface area contributed by atoms with E-state index < -0.39 is 11.9 Å². The molecule has 0 radical (unpaired) electrons. The van der Waals surface area contributed by atoms with E-state index >= 15 is 0 Å². The van der Waals surface area contributed by atoms with E-state index in [1.165, 1.54) is 0 Å². The summed E-state index contributed by atoms with van der Waals surface area (Å²) in [6.07, 6.45) is 0.476. The summed E-state index contributed by atoms with van der Waals surface area (Å²) in [5, 5.41) is 0. The van der Waals surface area contributed by atoms with Gasteiger partial charge in [0.15, 0.2) is 0 Å². The number of ether oxygens (including phenoxy) is 2. The summed E-state index contributed by atoms with van der Waals surface area (Å²) in [5.41, 5.74) is 0.155. The minimum absolute atomic E-state index is 0.0706. The molecule has 12 heavy (non-hydrogen) atoms. The third-order valence-electron chi connectivity index (χ3n) is 1.43. The lowest BCUT2D eigenvalue weighted by atomic mass is 10.2. The highest BCUT2D eigenvalue weighted by Gasteiger charge is 2.15. The summed E-state index contributed by atoms with van der Waals surface area (Å²) < 4.78 is 9.50. The Labute approximate surface area is 70.1 Å². The van der Waals surface area contributed by atoms with Crippen molar-refractivity contribution in [3.63, 3.8) is 0 Å². The number of cyclic esters (lactones) is 2. The van der Waals surface area contributed by atoms with Crippen LogP contribution in [0, 0.1) is 0 Å². The van der Waals surface area contributed by atoms with Crippen molar-refractivity contribution in [2.45, 2.75) is 12.8 Å². The van der Waals surface area contributed by atoms with Crippen LogP contribution in [-0.2, 0) is 19.1 Å². The molecule has 0 aromatic carbocycles. The van der Waals surface area contributed by atoms with E-state index in [4.69, 9.17) is 9.47 Å². The maximum Gasteiger partial charge on any atom is 0.333 e. The summed E-state index contributed by atoms with van der Waals surface area (Å²) in [6.45, 7) is 4.00. The molecule has 1 heterocycles. The number of hydrogen-bond acceptors (Lipinski definition) is 4. The molecular weight excluding hydrogens is 160 g/mol. The molecule has 0 aromatic rings. The van der Waals surface area contributed by atoms with E-state index in [1.54, 1.807) is 0 Å². The monoisotopic (exact) mass is 170 g/mol. The normalized spacial score (nSPS) is 20.2. The summed E-state index contributed by atoms with van der Waals surface area (Å²) in [7, 11) is 0. The van der Waals surface area contributed by atoms with Crippen molar-refractivity contribution in [3.05, 3.63) is 12.2 Å². The first-order chi connectivity index (χ1) is 5.70. The Morgan fingerprint density at radius 3 is 2.58 bits per heavy atom. The highest BCUT2D eigenvalue weighted by molar-refractivity contribution is 5.93. The van der Waals surface area contributed by atoms with Gasteiger partial charge in [-0.3, -0.25) is 4.79 Å². The lowest BCUT2D eigenvalue weighted by Gasteiger charge is -2.00. The van der Waals surface area contributed by atoms with Gasteiger partial charge in [0.05, 0.1) is 19.6 Å². The number of hydrogen-bond donors (Lipinski definition) is 0. The van der Waals surface area contributed by atoms with Crippen LogP contribution in [0.3, 0.4) is 0 Å². The maximum absolute atomic E-state index is 10.9. The Morgan fingerprint density at radius 1 is 1.17 bits per heavy atom. The molecule has 1 aliphatic heterocycles. The maximum atomic E-state index is 10.9. The molecule has 4 nitrogen and oxygen atoms in total. The fourth-order valence-corrected chi connectivity index (χ4v) is 0.809. The molecule has 1 fully saturated rings. The van der Waals surface area contributed by atoms with Gasteiger partial charge in [-0.15, -0.1) is 0 Å². The van der Waals surface area contributed by atoms with Gasteiger partial charge >= 0.3 is 11.9 Å². The van der Waals surface area contributed by atoms with Gasteiger partial charge in [0.2, 0.25) is 0 Å². The summed E-state index contributed by atoms with van der Waals surface area (Å²) in [5.74, 6) is -0.923. The highest BCUT2D eigenvalue weighted by Crippen LogP contribution is 2.06. The standard InChI is InChI=1S/C8H10O4/c1-6-5-7(9)11-3-2-4-12-8(6)10/h1-5H2. The van der Waals surface area contributed by atoms with E-state index in [0.717, 1.165) is 0 Å². The van der Waals surface area contributed by atoms with Crippen molar-refractivity contribution in [1.29, 1.82) is 0 Å². The van der Waals surface area contributed by atoms with Crippen LogP contribution in [0.15, 0.2) is 12.2 Å². The number of carbonyl (C=O) groups is 2. The molecule has 1 aliphatic rings. The van der Waals surface area contributed by atoms with Gasteiger partial charge in [-0.25, -0.2) is 4.79 Å². The molecule has 0 N–H and O–H groups in total. The molecular formula is C8H10O4. The Morgan fingerprint density at radius 2 is 1.83 bits per heavy atom. The predicted molar refractivity (Wildman–Crippen MR) is 40.3 cm³/mol. The second-order valence-electron chi connectivity index (χ2n) is 2.49. The van der Waals surface area contributed by atoms with E-state index in [0.29, 0.717) is 13.0 Å². The fraction of sp³-hybridized carbons (Fsp3) is 0.500. The Bertz CT molecular complexity index is 219. The highest BCUT2D eigenvalue weighted by atomic mass is 16.5. The number of rotatable bonds is 0. The van der Waals surface area contributed by atoms with E-state index in [1.807, 2.05) is 0 Å². The molecule has 0 spiro atoms. The van der Waals surface area contributed by atoms with E-state index in [2.05, 4.69) is 6.58 Å². The number of carbonyl (C=O) groups excluding carboxylic acids is 2. The van der Waals surface area contributed by atoms with Crippen LogP contribution in [0.25, 0.3) is 0 Å². The zero-order valence-corrected chi connectivity index (χ0v) is 6.67. The van der Waals surface area contributed by atoms with Gasteiger partial charge in [-0.05, 0) is 0 Å². The van der Waals surface area contributed by atoms with Crippen LogP contribution < -0.4 is 0 Å². The van der Waals surface area contributed by atoms with Crippen LogP contribution in [0.5, 0.6) is 0 Å². The van der Waals surface area contributed by atoms with Gasteiger partial charge in [0.1, 0.15) is 0 Å². The topological polar surface area (TPSA) is 52.6 Å². The van der Waals surface area contributed by atoms with Crippen LogP contribution >= 0.6 is 0 Å². The van der Waals surface area contributed by atoms with Crippen molar-refractivity contribution >= 4 is 11.9 Å². The minimum atomic E-state index is -0.506. The lowest BCUT2D eigenvalue weighted by molar-refractivity contribution is -0.143. The predicted octanol–water partition coefficient (Wildman–Crippen LogP) is 0.423. The Balaban J connectivity index is 2.58. The van der Waals surface area contributed by atoms with Crippen molar-refractivity contribution in [2.75, 3.05) is 13.2 Å². The molecule has 0 aliphatic carbocycles. The van der Waals surface area contributed by atoms with Crippen LogP contribution in [0.2, 0.25) is 0 Å².